The molecule has 0 saturated heterocycles. The molecule has 0 aliphatic heterocycles. The fourth-order valence-corrected chi connectivity index (χ4v) is 2.64. The lowest BCUT2D eigenvalue weighted by atomic mass is 10.1. The summed E-state index contributed by atoms with van der Waals surface area (Å²) in [7, 11) is 0. The average Bonchev–Trinajstić information content (AvgIpc) is 2.61. The first-order valence-electron chi connectivity index (χ1n) is 7.45. The van der Waals surface area contributed by atoms with E-state index in [1.54, 1.807) is 0 Å². The molecular formula is C18H18N4OS. The second-order valence-electron chi connectivity index (χ2n) is 4.98. The van der Waals surface area contributed by atoms with E-state index in [1.807, 2.05) is 73.8 Å². The fourth-order valence-electron chi connectivity index (χ4n) is 2.01. The predicted molar refractivity (Wildman–Crippen MR) is 97.7 cm³/mol. The van der Waals surface area contributed by atoms with Gasteiger partial charge in [-0.2, -0.15) is 5.26 Å². The second kappa shape index (κ2) is 9.38. The van der Waals surface area contributed by atoms with E-state index < -0.39 is 0 Å². The van der Waals surface area contributed by atoms with Crippen molar-refractivity contribution in [3.05, 3.63) is 66.2 Å². The summed E-state index contributed by atoms with van der Waals surface area (Å²) in [4.78, 5) is 16.4. The van der Waals surface area contributed by atoms with Gasteiger partial charge in [0.1, 0.15) is 0 Å². The number of thioether (sulfide) groups is 1. The molecule has 0 aliphatic rings. The standard InChI is InChI=1S/C18H18N4OS/c1-14(15-8-4-2-5-9-15)21-17(23)12-24-18(20-13-19)22-16-10-6-3-7-11-16/h2-11,14H,12H2,1H3,(H,20,22)(H,21,23)/t14-/m0/s1. The first-order valence-corrected chi connectivity index (χ1v) is 8.43. The summed E-state index contributed by atoms with van der Waals surface area (Å²) in [6, 6.07) is 19.0. The number of hydrogen-bond donors (Lipinski definition) is 2. The second-order valence-corrected chi connectivity index (χ2v) is 5.94. The molecule has 1 amide bonds. The SMILES string of the molecule is C[C@H](NC(=O)CSC(=Nc1ccccc1)NC#N)c1ccccc1. The summed E-state index contributed by atoms with van der Waals surface area (Å²) >= 11 is 1.19. The molecule has 0 saturated carbocycles. The third-order valence-corrected chi connectivity index (χ3v) is 4.04. The molecule has 0 unspecified atom stereocenters. The van der Waals surface area contributed by atoms with Gasteiger partial charge in [-0.25, -0.2) is 4.99 Å². The van der Waals surface area contributed by atoms with Gasteiger partial charge in [-0.05, 0) is 24.6 Å². The van der Waals surface area contributed by atoms with Crippen LogP contribution in [0, 0.1) is 11.5 Å². The molecule has 0 spiro atoms. The van der Waals surface area contributed by atoms with Gasteiger partial charge in [0.15, 0.2) is 11.4 Å². The number of para-hydroxylation sites is 1. The van der Waals surface area contributed by atoms with Crippen LogP contribution in [0.1, 0.15) is 18.5 Å². The van der Waals surface area contributed by atoms with Crippen molar-refractivity contribution in [2.75, 3.05) is 5.75 Å². The van der Waals surface area contributed by atoms with Gasteiger partial charge in [-0.15, -0.1) is 0 Å². The molecule has 6 heteroatoms. The number of aliphatic imine (C=N–C) groups is 1. The first-order chi connectivity index (χ1) is 11.7. The summed E-state index contributed by atoms with van der Waals surface area (Å²) in [6.07, 6.45) is 1.85. The molecule has 24 heavy (non-hydrogen) atoms. The van der Waals surface area contributed by atoms with Crippen LogP contribution in [-0.2, 0) is 4.79 Å². The lowest BCUT2D eigenvalue weighted by Crippen LogP contribution is -2.29. The van der Waals surface area contributed by atoms with Gasteiger partial charge >= 0.3 is 0 Å². The predicted octanol–water partition coefficient (Wildman–Crippen LogP) is 3.36. The number of carbonyl (C=O) groups excluding carboxylic acids is 1. The number of amidine groups is 1. The maximum Gasteiger partial charge on any atom is 0.230 e. The Labute approximate surface area is 145 Å². The van der Waals surface area contributed by atoms with Gasteiger partial charge in [0.05, 0.1) is 17.5 Å². The molecule has 122 valence electrons. The van der Waals surface area contributed by atoms with E-state index in [-0.39, 0.29) is 17.7 Å². The Morgan fingerprint density at radius 2 is 1.79 bits per heavy atom. The minimum absolute atomic E-state index is 0.0715. The topological polar surface area (TPSA) is 77.3 Å². The van der Waals surface area contributed by atoms with Crippen molar-refractivity contribution in [3.63, 3.8) is 0 Å². The number of nitrogens with one attached hydrogen (secondary N) is 2. The average molecular weight is 338 g/mol. The number of amides is 1. The third kappa shape index (κ3) is 5.78. The zero-order valence-corrected chi connectivity index (χ0v) is 14.1. The highest BCUT2D eigenvalue weighted by Gasteiger charge is 2.11. The van der Waals surface area contributed by atoms with Gasteiger partial charge in [-0.3, -0.25) is 10.1 Å². The van der Waals surface area contributed by atoms with Crippen LogP contribution in [0.4, 0.5) is 5.69 Å². The van der Waals surface area contributed by atoms with Crippen molar-refractivity contribution >= 4 is 28.5 Å². The Hall–Kier alpha value is -2.78. The van der Waals surface area contributed by atoms with E-state index in [0.717, 1.165) is 11.3 Å². The van der Waals surface area contributed by atoms with E-state index in [4.69, 9.17) is 5.26 Å². The Bertz CT molecular complexity index is 726. The Kier molecular flexibility index (Phi) is 6.87. The maximum atomic E-state index is 12.1. The van der Waals surface area contributed by atoms with Crippen molar-refractivity contribution in [1.29, 1.82) is 5.26 Å². The van der Waals surface area contributed by atoms with Gasteiger partial charge in [0.2, 0.25) is 5.91 Å². The summed E-state index contributed by atoms with van der Waals surface area (Å²) in [5.41, 5.74) is 1.77. The van der Waals surface area contributed by atoms with Crippen LogP contribution in [0.2, 0.25) is 0 Å². The smallest absolute Gasteiger partial charge is 0.230 e. The molecule has 0 aliphatic carbocycles. The van der Waals surface area contributed by atoms with E-state index in [0.29, 0.717) is 5.17 Å². The van der Waals surface area contributed by atoms with Crippen molar-refractivity contribution in [2.45, 2.75) is 13.0 Å². The van der Waals surface area contributed by atoms with Crippen LogP contribution >= 0.6 is 11.8 Å². The lowest BCUT2D eigenvalue weighted by molar-refractivity contribution is -0.119. The third-order valence-electron chi connectivity index (χ3n) is 3.17. The molecule has 2 N–H and O–H groups in total. The zero-order chi connectivity index (χ0) is 17.2. The molecule has 0 aromatic heterocycles. The molecule has 0 bridgehead atoms. The van der Waals surface area contributed by atoms with Gasteiger partial charge in [0, 0.05) is 0 Å². The molecule has 2 rings (SSSR count). The first kappa shape index (κ1) is 17.6. The Balaban J connectivity index is 1.91. The quantitative estimate of drug-likeness (QED) is 0.379. The van der Waals surface area contributed by atoms with Crippen molar-refractivity contribution in [3.8, 4) is 6.19 Å². The maximum absolute atomic E-state index is 12.1. The molecule has 5 nitrogen and oxygen atoms in total. The molecular weight excluding hydrogens is 320 g/mol. The fraction of sp³-hybridized carbons (Fsp3) is 0.167. The van der Waals surface area contributed by atoms with Crippen LogP contribution in [0.3, 0.4) is 0 Å². The largest absolute Gasteiger partial charge is 0.349 e. The normalized spacial score (nSPS) is 12.1. The van der Waals surface area contributed by atoms with E-state index in [2.05, 4.69) is 15.6 Å². The summed E-state index contributed by atoms with van der Waals surface area (Å²) in [5, 5.41) is 14.7. The van der Waals surface area contributed by atoms with Crippen LogP contribution < -0.4 is 10.6 Å². The molecule has 0 radical (unpaired) electrons. The van der Waals surface area contributed by atoms with Gasteiger partial charge in [-0.1, -0.05) is 60.3 Å². The van der Waals surface area contributed by atoms with Crippen molar-refractivity contribution in [2.24, 2.45) is 4.99 Å². The number of nitrogens with zero attached hydrogens (tertiary/aromatic N) is 2. The van der Waals surface area contributed by atoms with Crippen molar-refractivity contribution < 1.29 is 4.79 Å². The molecule has 2 aromatic carbocycles. The van der Waals surface area contributed by atoms with Crippen LogP contribution in [0.15, 0.2) is 65.7 Å². The highest BCUT2D eigenvalue weighted by atomic mass is 32.2. The molecule has 2 aromatic rings. The van der Waals surface area contributed by atoms with Crippen LogP contribution in [0.25, 0.3) is 0 Å². The molecule has 0 heterocycles. The van der Waals surface area contributed by atoms with Gasteiger partial charge in [0.25, 0.3) is 0 Å². The number of rotatable bonds is 5. The van der Waals surface area contributed by atoms with Crippen LogP contribution in [-0.4, -0.2) is 16.8 Å². The Morgan fingerprint density at radius 3 is 2.42 bits per heavy atom. The number of carbonyl (C=O) groups is 1. The van der Waals surface area contributed by atoms with E-state index >= 15 is 0 Å². The van der Waals surface area contributed by atoms with Gasteiger partial charge < -0.3 is 5.32 Å². The van der Waals surface area contributed by atoms with E-state index in [1.165, 1.54) is 11.8 Å². The number of benzene rings is 2. The van der Waals surface area contributed by atoms with Crippen molar-refractivity contribution in [1.82, 2.24) is 10.6 Å². The Morgan fingerprint density at radius 1 is 1.17 bits per heavy atom. The molecule has 0 fully saturated rings. The minimum atomic E-state index is -0.114. The van der Waals surface area contributed by atoms with E-state index in [9.17, 15) is 4.79 Å². The summed E-state index contributed by atoms with van der Waals surface area (Å²) in [6.45, 7) is 1.93. The zero-order valence-electron chi connectivity index (χ0n) is 13.3. The summed E-state index contributed by atoms with van der Waals surface area (Å²) in [5.74, 6) is 0.0641. The molecule has 1 atom stereocenters. The minimum Gasteiger partial charge on any atom is -0.349 e. The number of nitriles is 1. The number of hydrogen-bond acceptors (Lipinski definition) is 4. The highest BCUT2D eigenvalue weighted by Crippen LogP contribution is 2.15. The highest BCUT2D eigenvalue weighted by molar-refractivity contribution is 8.14. The summed E-state index contributed by atoms with van der Waals surface area (Å²) < 4.78 is 0. The monoisotopic (exact) mass is 338 g/mol. The van der Waals surface area contributed by atoms with Crippen LogP contribution in [0.5, 0.6) is 0 Å². The lowest BCUT2D eigenvalue weighted by Gasteiger charge is -2.14.